The third kappa shape index (κ3) is 7.19. The Morgan fingerprint density at radius 3 is 2.53 bits per heavy atom. The second kappa shape index (κ2) is 13.2. The molecule has 6 rings (SSSR count). The second-order valence-electron chi connectivity index (χ2n) is 10.7. The highest BCUT2D eigenvalue weighted by Gasteiger charge is 2.37. The molecular weight excluding hydrogens is 637 g/mol. The van der Waals surface area contributed by atoms with Crippen LogP contribution in [0.15, 0.2) is 77.2 Å². The molecule has 45 heavy (non-hydrogen) atoms. The molecule has 0 bridgehead atoms. The van der Waals surface area contributed by atoms with Gasteiger partial charge in [-0.25, -0.2) is 22.3 Å². The van der Waals surface area contributed by atoms with Crippen molar-refractivity contribution in [2.24, 2.45) is 0 Å². The number of benzene rings is 3. The predicted molar refractivity (Wildman–Crippen MR) is 171 cm³/mol. The number of fused-ring (bicyclic) bond motifs is 1. The van der Waals surface area contributed by atoms with Gasteiger partial charge in [-0.1, -0.05) is 48.5 Å². The number of rotatable bonds is 10. The minimum absolute atomic E-state index is 0.00285. The standard InChI is InChI=1S/C30H30N6O6S3/c1-35-12-14-36(15-13-35)30(37)23-9-5-8-21(16-23)22-10-11-24-25(17-22)43-29(32-24)27(28-34-33-26(42-28)18-31-44(38)39)45(40,41)19-20-6-3-2-4-7-20/h2-11,16-17,27,31H,12-15,18-19H2,1H3,(H,38,39). The molecule has 15 heteroatoms. The molecule has 0 radical (unpaired) electrons. The molecule has 3 aromatic carbocycles. The highest BCUT2D eigenvalue weighted by atomic mass is 32.2. The van der Waals surface area contributed by atoms with Crippen molar-refractivity contribution >= 4 is 48.6 Å². The molecule has 1 aliphatic heterocycles. The van der Waals surface area contributed by atoms with E-state index in [9.17, 15) is 17.4 Å². The zero-order valence-corrected chi connectivity index (χ0v) is 26.6. The number of thiazole rings is 1. The van der Waals surface area contributed by atoms with Crippen molar-refractivity contribution in [3.05, 3.63) is 101 Å². The molecule has 2 atom stereocenters. The molecule has 12 nitrogen and oxygen atoms in total. The quantitative estimate of drug-likeness (QED) is 0.211. The normalized spacial score (nSPS) is 15.7. The lowest BCUT2D eigenvalue weighted by Crippen LogP contribution is -2.47. The first-order valence-corrected chi connectivity index (χ1v) is 17.7. The summed E-state index contributed by atoms with van der Waals surface area (Å²) in [4.78, 5) is 21.9. The first kappa shape index (κ1) is 31.1. The fraction of sp³-hybridized carbons (Fsp3) is 0.267. The number of piperazine rings is 1. The number of nitrogens with zero attached hydrogens (tertiary/aromatic N) is 5. The maximum Gasteiger partial charge on any atom is 0.253 e. The average molecular weight is 667 g/mol. The zero-order chi connectivity index (χ0) is 31.6. The van der Waals surface area contributed by atoms with Crippen LogP contribution in [-0.2, 0) is 33.4 Å². The Morgan fingerprint density at radius 1 is 1.02 bits per heavy atom. The number of hydrogen-bond acceptors (Lipinski definition) is 10. The van der Waals surface area contributed by atoms with E-state index in [4.69, 9.17) is 8.97 Å². The third-order valence-electron chi connectivity index (χ3n) is 7.49. The fourth-order valence-corrected chi connectivity index (χ4v) is 8.53. The smallest absolute Gasteiger partial charge is 0.253 e. The molecular formula is C30H30N6O6S3. The number of likely N-dealkylation sites (N-methyl/N-ethyl adjacent to an activating group) is 1. The van der Waals surface area contributed by atoms with Gasteiger partial charge >= 0.3 is 0 Å². The van der Waals surface area contributed by atoms with Crippen molar-refractivity contribution in [3.63, 3.8) is 0 Å². The van der Waals surface area contributed by atoms with Crippen LogP contribution < -0.4 is 4.72 Å². The number of sulfone groups is 1. The molecule has 0 saturated carbocycles. The zero-order valence-electron chi connectivity index (χ0n) is 24.2. The highest BCUT2D eigenvalue weighted by molar-refractivity contribution is 7.91. The first-order valence-electron chi connectivity index (χ1n) is 14.1. The summed E-state index contributed by atoms with van der Waals surface area (Å²) in [6, 6.07) is 21.9. The van der Waals surface area contributed by atoms with Gasteiger partial charge in [-0.3, -0.25) is 9.35 Å². The Bertz CT molecular complexity index is 1960. The van der Waals surface area contributed by atoms with Gasteiger partial charge in [-0.05, 0) is 48.0 Å². The van der Waals surface area contributed by atoms with Crippen molar-refractivity contribution in [2.45, 2.75) is 17.5 Å². The van der Waals surface area contributed by atoms with Crippen LogP contribution in [0.25, 0.3) is 21.3 Å². The molecule has 0 aliphatic carbocycles. The van der Waals surface area contributed by atoms with Gasteiger partial charge in [0.2, 0.25) is 23.0 Å². The van der Waals surface area contributed by atoms with Crippen LogP contribution in [0.2, 0.25) is 0 Å². The third-order valence-corrected chi connectivity index (χ3v) is 11.0. The summed E-state index contributed by atoms with van der Waals surface area (Å²) >= 11 is -1.11. The lowest BCUT2D eigenvalue weighted by Gasteiger charge is -2.32. The minimum atomic E-state index is -3.96. The van der Waals surface area contributed by atoms with Crippen molar-refractivity contribution in [2.75, 3.05) is 33.2 Å². The maximum absolute atomic E-state index is 13.9. The number of carbonyl (C=O) groups is 1. The molecule has 234 valence electrons. The van der Waals surface area contributed by atoms with Crippen molar-refractivity contribution in [1.29, 1.82) is 0 Å². The van der Waals surface area contributed by atoms with Gasteiger partial charge in [-0.2, -0.15) is 0 Å². The summed E-state index contributed by atoms with van der Waals surface area (Å²) in [5.41, 5.74) is 3.52. The highest BCUT2D eigenvalue weighted by Crippen LogP contribution is 2.38. The van der Waals surface area contributed by atoms with Gasteiger partial charge in [0.1, 0.15) is 5.01 Å². The van der Waals surface area contributed by atoms with Gasteiger partial charge < -0.3 is 14.2 Å². The minimum Gasteiger partial charge on any atom is -0.422 e. The monoisotopic (exact) mass is 666 g/mol. The van der Waals surface area contributed by atoms with E-state index in [0.29, 0.717) is 29.7 Å². The van der Waals surface area contributed by atoms with E-state index in [1.165, 1.54) is 11.3 Å². The largest absolute Gasteiger partial charge is 0.422 e. The van der Waals surface area contributed by atoms with Crippen LogP contribution in [0.5, 0.6) is 0 Å². The van der Waals surface area contributed by atoms with Gasteiger partial charge in [0.05, 0.1) is 22.5 Å². The molecule has 1 amide bonds. The Labute approximate surface area is 266 Å². The molecule has 1 saturated heterocycles. The predicted octanol–water partition coefficient (Wildman–Crippen LogP) is 3.66. The molecule has 2 unspecified atom stereocenters. The van der Waals surface area contributed by atoms with Crippen molar-refractivity contribution in [3.8, 4) is 11.1 Å². The van der Waals surface area contributed by atoms with E-state index in [1.54, 1.807) is 30.3 Å². The summed E-state index contributed by atoms with van der Waals surface area (Å²) in [5, 5.41) is 6.77. The number of nitrogens with one attached hydrogen (secondary N) is 1. The molecule has 1 aliphatic rings. The van der Waals surface area contributed by atoms with Crippen LogP contribution in [0, 0.1) is 0 Å². The first-order chi connectivity index (χ1) is 21.7. The van der Waals surface area contributed by atoms with Crippen LogP contribution >= 0.6 is 11.3 Å². The summed E-state index contributed by atoms with van der Waals surface area (Å²) in [7, 11) is -1.92. The number of hydrogen-bond donors (Lipinski definition) is 2. The fourth-order valence-electron chi connectivity index (χ4n) is 5.13. The van der Waals surface area contributed by atoms with E-state index in [-0.39, 0.29) is 35.0 Å². The molecule has 3 heterocycles. The number of amides is 1. The van der Waals surface area contributed by atoms with Crippen molar-refractivity contribution < 1.29 is 26.4 Å². The van der Waals surface area contributed by atoms with Crippen LogP contribution in [0.3, 0.4) is 0 Å². The van der Waals surface area contributed by atoms with E-state index in [1.807, 2.05) is 54.4 Å². The summed E-state index contributed by atoms with van der Waals surface area (Å²) in [6.45, 7) is 2.82. The Balaban J connectivity index is 1.33. The van der Waals surface area contributed by atoms with E-state index >= 15 is 0 Å². The SMILES string of the molecule is CN1CCN(C(=O)c2cccc(-c3ccc4nc(C(c5nnc(CNS(=O)O)o5)S(=O)(=O)Cc5ccccc5)sc4c3)c2)CC1. The molecule has 2 N–H and O–H groups in total. The molecule has 2 aromatic heterocycles. The topological polar surface area (TPSA) is 159 Å². The second-order valence-corrected chi connectivity index (χ2v) is 14.6. The maximum atomic E-state index is 13.9. The van der Waals surface area contributed by atoms with E-state index in [2.05, 4.69) is 24.8 Å². The Kier molecular flexibility index (Phi) is 9.16. The Hall–Kier alpha value is -3.86. The lowest BCUT2D eigenvalue weighted by atomic mass is 10.0. The molecule has 5 aromatic rings. The molecule has 1 fully saturated rings. The van der Waals surface area contributed by atoms with Crippen LogP contribution in [-0.4, -0.2) is 81.3 Å². The summed E-state index contributed by atoms with van der Waals surface area (Å²) in [6.07, 6.45) is 0. The lowest BCUT2D eigenvalue weighted by molar-refractivity contribution is 0.0664. The molecule has 0 spiro atoms. The van der Waals surface area contributed by atoms with Crippen LogP contribution in [0.1, 0.15) is 38.0 Å². The summed E-state index contributed by atoms with van der Waals surface area (Å²) < 4.78 is 56.5. The summed E-state index contributed by atoms with van der Waals surface area (Å²) in [5.74, 6) is -0.510. The average Bonchev–Trinajstić information content (AvgIpc) is 3.67. The van der Waals surface area contributed by atoms with Crippen LogP contribution in [0.4, 0.5) is 0 Å². The van der Waals surface area contributed by atoms with Gasteiger partial charge in [-0.15, -0.1) is 21.5 Å². The van der Waals surface area contributed by atoms with Gasteiger partial charge in [0, 0.05) is 31.7 Å². The van der Waals surface area contributed by atoms with Crippen molar-refractivity contribution in [1.82, 2.24) is 29.7 Å². The van der Waals surface area contributed by atoms with Gasteiger partial charge in [0.15, 0.2) is 15.1 Å². The van der Waals surface area contributed by atoms with E-state index in [0.717, 1.165) is 28.9 Å². The number of carbonyl (C=O) groups excluding carboxylic acids is 1. The number of aromatic nitrogens is 3. The Morgan fingerprint density at radius 2 is 1.78 bits per heavy atom. The van der Waals surface area contributed by atoms with E-state index < -0.39 is 26.4 Å². The van der Waals surface area contributed by atoms with Gasteiger partial charge in [0.25, 0.3) is 5.91 Å².